The van der Waals surface area contributed by atoms with Crippen molar-refractivity contribution in [2.24, 2.45) is 16.1 Å². The van der Waals surface area contributed by atoms with Gasteiger partial charge in [0.15, 0.2) is 11.4 Å². The lowest BCUT2D eigenvalue weighted by Gasteiger charge is -2.05. The highest BCUT2D eigenvalue weighted by Crippen LogP contribution is 2.26. The minimum absolute atomic E-state index is 0. The molecule has 2 aromatic rings. The van der Waals surface area contributed by atoms with Crippen LogP contribution < -0.4 is 11.3 Å². The van der Waals surface area contributed by atoms with Crippen molar-refractivity contribution in [2.45, 2.75) is 0 Å². The molecule has 3 N–H and O–H groups in total. The molecule has 2 rings (SSSR count). The summed E-state index contributed by atoms with van der Waals surface area (Å²) >= 11 is 0. The molecule has 0 aliphatic carbocycles. The molecular formula is C13H15ClN6O3. The van der Waals surface area contributed by atoms with Crippen LogP contribution in [0.3, 0.4) is 0 Å². The van der Waals surface area contributed by atoms with Crippen LogP contribution in [0, 0.1) is 0 Å². The fraction of sp³-hybridized carbons (Fsp3) is 0.154. The Balaban J connectivity index is 0.00000264. The summed E-state index contributed by atoms with van der Waals surface area (Å²) in [5.41, 5.74) is 7.70. The van der Waals surface area contributed by atoms with E-state index < -0.39 is 11.7 Å². The molecule has 0 spiro atoms. The minimum Gasteiger partial charge on any atom is -0.364 e. The molecule has 0 aliphatic heterocycles. The zero-order valence-electron chi connectivity index (χ0n) is 12.4. The van der Waals surface area contributed by atoms with E-state index in [4.69, 9.17) is 10.3 Å². The molecule has 23 heavy (non-hydrogen) atoms. The Hall–Kier alpha value is -2.78. The Morgan fingerprint density at radius 3 is 2.48 bits per heavy atom. The van der Waals surface area contributed by atoms with Crippen LogP contribution in [-0.2, 0) is 0 Å². The van der Waals surface area contributed by atoms with Crippen LogP contribution in [0.5, 0.6) is 0 Å². The second-order valence-electron chi connectivity index (χ2n) is 4.46. The number of ketones is 1. The fourth-order valence-electron chi connectivity index (χ4n) is 1.57. The largest absolute Gasteiger partial charge is 0.364 e. The first-order valence-electron chi connectivity index (χ1n) is 6.23. The average Bonchev–Trinajstić information content (AvgIpc) is 2.91. The second kappa shape index (κ2) is 8.01. The third-order valence-corrected chi connectivity index (χ3v) is 2.54. The number of amides is 1. The van der Waals surface area contributed by atoms with Crippen molar-refractivity contribution in [2.75, 3.05) is 14.1 Å². The molecule has 10 heteroatoms. The van der Waals surface area contributed by atoms with Gasteiger partial charge in [-0.1, -0.05) is 40.7 Å². The van der Waals surface area contributed by atoms with E-state index >= 15 is 0 Å². The van der Waals surface area contributed by atoms with Gasteiger partial charge in [0.2, 0.25) is 11.5 Å². The molecule has 0 radical (unpaired) electrons. The molecule has 1 aromatic heterocycles. The molecule has 0 saturated heterocycles. The quantitative estimate of drug-likeness (QED) is 0.467. The van der Waals surface area contributed by atoms with Crippen LogP contribution in [0.15, 0.2) is 45.2 Å². The number of rotatable bonds is 6. The number of carbonyl (C=O) groups excluding carboxylic acids is 2. The van der Waals surface area contributed by atoms with Gasteiger partial charge in [0.25, 0.3) is 5.91 Å². The number of nitrogens with two attached hydrogens (primary N) is 1. The summed E-state index contributed by atoms with van der Waals surface area (Å²) in [6, 6.07) is 8.38. The molecule has 1 amide bonds. The number of hydrogen-bond acceptors (Lipinski definition) is 7. The van der Waals surface area contributed by atoms with E-state index in [1.807, 2.05) is 0 Å². The van der Waals surface area contributed by atoms with Gasteiger partial charge in [-0.05, 0) is 0 Å². The molecule has 0 atom stereocenters. The number of primary amides is 1. The Kier molecular flexibility index (Phi) is 6.36. The van der Waals surface area contributed by atoms with Crippen LogP contribution in [0.4, 0.5) is 5.69 Å². The van der Waals surface area contributed by atoms with E-state index in [0.717, 1.165) is 0 Å². The van der Waals surface area contributed by atoms with Gasteiger partial charge in [0.1, 0.15) is 0 Å². The third-order valence-electron chi connectivity index (χ3n) is 2.54. The van der Waals surface area contributed by atoms with Gasteiger partial charge in [-0.2, -0.15) is 0 Å². The molecule has 9 nitrogen and oxygen atoms in total. The maximum Gasteiger partial charge on any atom is 0.273 e. The molecule has 1 heterocycles. The van der Waals surface area contributed by atoms with Gasteiger partial charge < -0.3 is 10.3 Å². The summed E-state index contributed by atoms with van der Waals surface area (Å²) in [5, 5.41) is 12.4. The number of nitrogens with one attached hydrogen (secondary N) is 1. The minimum atomic E-state index is -0.866. The first-order chi connectivity index (χ1) is 10.5. The number of benzene rings is 1. The first-order valence-corrected chi connectivity index (χ1v) is 6.23. The fourth-order valence-corrected chi connectivity index (χ4v) is 1.57. The number of hydrazine groups is 1. The number of carbonyl (C=O) groups is 2. The Morgan fingerprint density at radius 1 is 1.26 bits per heavy atom. The van der Waals surface area contributed by atoms with Crippen LogP contribution >= 0.6 is 12.4 Å². The standard InChI is InChI=1S/C13H14N6O3.ClH/c1-19(2)18-17-15-9-10(13(14)21)16-22-12(9)11(20)8-6-4-3-5-7-8;/h3-7H,1-2H3,(H2,14,21)(H,15,18);1H. The lowest BCUT2D eigenvalue weighted by atomic mass is 10.1. The molecule has 0 bridgehead atoms. The van der Waals surface area contributed by atoms with Gasteiger partial charge in [0, 0.05) is 19.7 Å². The lowest BCUT2D eigenvalue weighted by Crippen LogP contribution is -2.24. The number of aromatic nitrogens is 1. The van der Waals surface area contributed by atoms with Crippen molar-refractivity contribution in [1.29, 1.82) is 0 Å². The van der Waals surface area contributed by atoms with E-state index in [1.54, 1.807) is 44.4 Å². The summed E-state index contributed by atoms with van der Waals surface area (Å²) in [5.74, 6) is -1.54. The van der Waals surface area contributed by atoms with E-state index in [1.165, 1.54) is 5.01 Å². The van der Waals surface area contributed by atoms with Crippen LogP contribution in [0.2, 0.25) is 0 Å². The predicted molar refractivity (Wildman–Crippen MR) is 83.5 cm³/mol. The highest BCUT2D eigenvalue weighted by Gasteiger charge is 2.26. The first kappa shape index (κ1) is 18.3. The van der Waals surface area contributed by atoms with Crippen molar-refractivity contribution in [3.63, 3.8) is 0 Å². The third kappa shape index (κ3) is 4.34. The lowest BCUT2D eigenvalue weighted by molar-refractivity contribution is 0.0979. The van der Waals surface area contributed by atoms with E-state index in [9.17, 15) is 9.59 Å². The summed E-state index contributed by atoms with van der Waals surface area (Å²) in [4.78, 5) is 23.7. The van der Waals surface area contributed by atoms with Gasteiger partial charge in [-0.15, -0.1) is 17.5 Å². The van der Waals surface area contributed by atoms with E-state index in [0.29, 0.717) is 5.56 Å². The van der Waals surface area contributed by atoms with E-state index in [2.05, 4.69) is 21.0 Å². The second-order valence-corrected chi connectivity index (χ2v) is 4.46. The molecule has 0 saturated carbocycles. The smallest absolute Gasteiger partial charge is 0.273 e. The molecule has 0 unspecified atom stereocenters. The van der Waals surface area contributed by atoms with Crippen molar-refractivity contribution < 1.29 is 14.1 Å². The van der Waals surface area contributed by atoms with Gasteiger partial charge in [-0.3, -0.25) is 9.59 Å². The maximum absolute atomic E-state index is 12.4. The molecule has 0 fully saturated rings. The number of nitrogens with zero attached hydrogens (tertiary/aromatic N) is 4. The zero-order chi connectivity index (χ0) is 16.1. The molecule has 0 aliphatic rings. The van der Waals surface area contributed by atoms with Crippen molar-refractivity contribution >= 4 is 29.8 Å². The summed E-state index contributed by atoms with van der Waals surface area (Å²) in [6.07, 6.45) is 0. The van der Waals surface area contributed by atoms with Crippen LogP contribution in [0.1, 0.15) is 26.6 Å². The summed E-state index contributed by atoms with van der Waals surface area (Å²) in [6.45, 7) is 0. The van der Waals surface area contributed by atoms with Crippen LogP contribution in [-0.4, -0.2) is 36.0 Å². The SMILES string of the molecule is CN(C)NN=Nc1c(C(N)=O)noc1C(=O)c1ccccc1.Cl. The monoisotopic (exact) mass is 338 g/mol. The average molecular weight is 339 g/mol. The summed E-state index contributed by atoms with van der Waals surface area (Å²) in [7, 11) is 3.38. The summed E-state index contributed by atoms with van der Waals surface area (Å²) < 4.78 is 4.94. The van der Waals surface area contributed by atoms with Gasteiger partial charge >= 0.3 is 0 Å². The van der Waals surface area contributed by atoms with Crippen LogP contribution in [0.25, 0.3) is 0 Å². The molecule has 1 aromatic carbocycles. The Morgan fingerprint density at radius 2 is 1.91 bits per heavy atom. The number of hydrogen-bond donors (Lipinski definition) is 2. The highest BCUT2D eigenvalue weighted by molar-refractivity contribution is 6.12. The molecular weight excluding hydrogens is 324 g/mol. The zero-order valence-corrected chi connectivity index (χ0v) is 13.2. The Labute approximate surface area is 137 Å². The maximum atomic E-state index is 12.4. The van der Waals surface area contributed by atoms with E-state index in [-0.39, 0.29) is 29.5 Å². The molecule has 122 valence electrons. The highest BCUT2D eigenvalue weighted by atomic mass is 35.5. The van der Waals surface area contributed by atoms with Gasteiger partial charge in [0.05, 0.1) is 0 Å². The Bertz CT molecular complexity index is 714. The van der Waals surface area contributed by atoms with Crippen molar-refractivity contribution in [3.8, 4) is 0 Å². The number of halogens is 1. The normalized spacial score (nSPS) is 10.6. The van der Waals surface area contributed by atoms with Crippen molar-refractivity contribution in [1.82, 2.24) is 15.7 Å². The van der Waals surface area contributed by atoms with Crippen molar-refractivity contribution in [3.05, 3.63) is 47.3 Å². The van der Waals surface area contributed by atoms with Gasteiger partial charge in [-0.25, -0.2) is 10.5 Å². The predicted octanol–water partition coefficient (Wildman–Crippen LogP) is 1.49. The topological polar surface area (TPSA) is 126 Å².